The van der Waals surface area contributed by atoms with Crippen molar-refractivity contribution in [1.29, 1.82) is 0 Å². The minimum atomic E-state index is -0.349. The molecule has 2 amide bonds. The van der Waals surface area contributed by atoms with Gasteiger partial charge in [-0.25, -0.2) is 0 Å². The van der Waals surface area contributed by atoms with Gasteiger partial charge in [0.15, 0.2) is 0 Å². The number of rotatable bonds is 1. The van der Waals surface area contributed by atoms with Crippen molar-refractivity contribution in [3.8, 4) is 0 Å². The molecule has 2 aliphatic rings. The smallest absolute Gasteiger partial charge is 0.252 e. The Labute approximate surface area is 112 Å². The molecule has 100 valence electrons. The number of likely N-dealkylation sites (N-methyl/N-ethyl adjacent to an activating group) is 1. The summed E-state index contributed by atoms with van der Waals surface area (Å²) in [4.78, 5) is 27.2. The van der Waals surface area contributed by atoms with Crippen molar-refractivity contribution in [2.75, 3.05) is 25.0 Å². The Morgan fingerprint density at radius 3 is 2.79 bits per heavy atom. The maximum absolute atomic E-state index is 12.2. The van der Waals surface area contributed by atoms with Gasteiger partial charge in [0.25, 0.3) is 5.91 Å². The summed E-state index contributed by atoms with van der Waals surface area (Å²) < 4.78 is 0. The molecule has 1 aromatic rings. The van der Waals surface area contributed by atoms with Gasteiger partial charge in [-0.3, -0.25) is 14.5 Å². The fourth-order valence-electron chi connectivity index (χ4n) is 2.79. The fraction of sp³-hybridized carbons (Fsp3) is 0.429. The van der Waals surface area contributed by atoms with Gasteiger partial charge in [-0.2, -0.15) is 0 Å². The topological polar surface area (TPSA) is 52.7 Å². The van der Waals surface area contributed by atoms with Crippen LogP contribution in [0, 0.1) is 0 Å². The lowest BCUT2D eigenvalue weighted by molar-refractivity contribution is -0.136. The molecule has 5 heteroatoms. The standard InChI is InChI=1S/C14H17N3O2/c1-16-13(18)8-12(14(16)19)17-7-6-15-9-10-4-2-3-5-11(10)17/h2-5,12,15H,6-9H2,1H3. The average molecular weight is 259 g/mol. The van der Waals surface area contributed by atoms with E-state index in [-0.39, 0.29) is 24.3 Å². The molecule has 1 atom stereocenters. The fourth-order valence-corrected chi connectivity index (χ4v) is 2.79. The summed E-state index contributed by atoms with van der Waals surface area (Å²) in [6.07, 6.45) is 0.281. The van der Waals surface area contributed by atoms with Gasteiger partial charge in [-0.15, -0.1) is 0 Å². The van der Waals surface area contributed by atoms with Gasteiger partial charge in [0.1, 0.15) is 6.04 Å². The Morgan fingerprint density at radius 1 is 1.26 bits per heavy atom. The number of likely N-dealkylation sites (tertiary alicyclic amines) is 1. The second kappa shape index (κ2) is 4.66. The van der Waals surface area contributed by atoms with Crippen molar-refractivity contribution >= 4 is 17.5 Å². The molecule has 5 nitrogen and oxygen atoms in total. The van der Waals surface area contributed by atoms with Crippen LogP contribution < -0.4 is 10.2 Å². The molecule has 1 fully saturated rings. The van der Waals surface area contributed by atoms with Crippen LogP contribution in [0.3, 0.4) is 0 Å². The van der Waals surface area contributed by atoms with Crippen molar-refractivity contribution in [2.45, 2.75) is 19.0 Å². The zero-order chi connectivity index (χ0) is 13.4. The molecule has 2 heterocycles. The number of nitrogens with zero attached hydrogens (tertiary/aromatic N) is 2. The maximum atomic E-state index is 12.2. The van der Waals surface area contributed by atoms with Crippen LogP contribution in [0.2, 0.25) is 0 Å². The minimum Gasteiger partial charge on any atom is -0.358 e. The predicted octanol–water partition coefficient (Wildman–Crippen LogP) is 0.353. The Balaban J connectivity index is 1.97. The Morgan fingerprint density at radius 2 is 2.05 bits per heavy atom. The molecule has 0 spiro atoms. The number of anilines is 1. The monoisotopic (exact) mass is 259 g/mol. The van der Waals surface area contributed by atoms with Crippen molar-refractivity contribution in [3.63, 3.8) is 0 Å². The van der Waals surface area contributed by atoms with E-state index >= 15 is 0 Å². The summed E-state index contributed by atoms with van der Waals surface area (Å²) in [5.74, 6) is -0.189. The molecule has 0 radical (unpaired) electrons. The van der Waals surface area contributed by atoms with E-state index in [0.29, 0.717) is 0 Å². The first kappa shape index (κ1) is 12.2. The van der Waals surface area contributed by atoms with Gasteiger partial charge in [0, 0.05) is 32.4 Å². The largest absolute Gasteiger partial charge is 0.358 e. The number of hydrogen-bond donors (Lipinski definition) is 1. The zero-order valence-electron chi connectivity index (χ0n) is 10.9. The van der Waals surface area contributed by atoms with Crippen LogP contribution in [0.25, 0.3) is 0 Å². The average Bonchev–Trinajstić information content (AvgIpc) is 2.61. The number of para-hydroxylation sites is 1. The number of nitrogens with one attached hydrogen (secondary N) is 1. The van der Waals surface area contributed by atoms with Crippen LogP contribution in [0.4, 0.5) is 5.69 Å². The molecule has 19 heavy (non-hydrogen) atoms. The van der Waals surface area contributed by atoms with Gasteiger partial charge in [0.2, 0.25) is 5.91 Å². The summed E-state index contributed by atoms with van der Waals surface area (Å²) in [6, 6.07) is 7.71. The van der Waals surface area contributed by atoms with E-state index < -0.39 is 0 Å². The lowest BCUT2D eigenvalue weighted by Gasteiger charge is -2.29. The number of carbonyl (C=O) groups excluding carboxylic acids is 2. The molecule has 1 saturated heterocycles. The van der Waals surface area contributed by atoms with E-state index in [1.165, 1.54) is 10.5 Å². The van der Waals surface area contributed by atoms with Crippen LogP contribution in [-0.2, 0) is 16.1 Å². The van der Waals surface area contributed by atoms with Crippen molar-refractivity contribution in [1.82, 2.24) is 10.2 Å². The summed E-state index contributed by atoms with van der Waals surface area (Å²) in [5, 5.41) is 3.34. The van der Waals surface area contributed by atoms with Crippen LogP contribution in [-0.4, -0.2) is 42.9 Å². The molecule has 0 bridgehead atoms. The summed E-state index contributed by atoms with van der Waals surface area (Å²) >= 11 is 0. The summed E-state index contributed by atoms with van der Waals surface area (Å²) in [7, 11) is 1.56. The second-order valence-corrected chi connectivity index (χ2v) is 5.01. The molecule has 2 aliphatic heterocycles. The minimum absolute atomic E-state index is 0.0929. The van der Waals surface area contributed by atoms with E-state index in [4.69, 9.17) is 0 Å². The van der Waals surface area contributed by atoms with Gasteiger partial charge in [0.05, 0.1) is 6.42 Å². The van der Waals surface area contributed by atoms with Crippen LogP contribution in [0.1, 0.15) is 12.0 Å². The first-order valence-corrected chi connectivity index (χ1v) is 6.54. The van der Waals surface area contributed by atoms with E-state index in [1.54, 1.807) is 7.05 Å². The lowest BCUT2D eigenvalue weighted by Crippen LogP contribution is -2.43. The molecule has 1 unspecified atom stereocenters. The highest BCUT2D eigenvalue weighted by Gasteiger charge is 2.40. The zero-order valence-corrected chi connectivity index (χ0v) is 10.9. The Kier molecular flexibility index (Phi) is 2.98. The number of imide groups is 1. The number of hydrogen-bond acceptors (Lipinski definition) is 4. The van der Waals surface area contributed by atoms with Crippen molar-refractivity contribution < 1.29 is 9.59 Å². The first-order valence-electron chi connectivity index (χ1n) is 6.54. The number of fused-ring (bicyclic) bond motifs is 1. The number of benzene rings is 1. The Hall–Kier alpha value is -1.88. The van der Waals surface area contributed by atoms with Crippen LogP contribution in [0.5, 0.6) is 0 Å². The maximum Gasteiger partial charge on any atom is 0.252 e. The second-order valence-electron chi connectivity index (χ2n) is 5.01. The third kappa shape index (κ3) is 2.00. The predicted molar refractivity (Wildman–Crippen MR) is 71.7 cm³/mol. The van der Waals surface area contributed by atoms with Gasteiger partial charge in [-0.1, -0.05) is 18.2 Å². The molecule has 3 rings (SSSR count). The molecule has 0 saturated carbocycles. The SMILES string of the molecule is CN1C(=O)CC(N2CCNCc3ccccc32)C1=O. The number of carbonyl (C=O) groups is 2. The normalized spacial score (nSPS) is 23.5. The van der Waals surface area contributed by atoms with Crippen LogP contribution in [0.15, 0.2) is 24.3 Å². The highest BCUT2D eigenvalue weighted by molar-refractivity contribution is 6.06. The molecule has 1 N–H and O–H groups in total. The molecular formula is C14H17N3O2. The lowest BCUT2D eigenvalue weighted by atomic mass is 10.1. The highest BCUT2D eigenvalue weighted by atomic mass is 16.2. The van der Waals surface area contributed by atoms with Crippen LogP contribution >= 0.6 is 0 Å². The van der Waals surface area contributed by atoms with Gasteiger partial charge in [-0.05, 0) is 11.6 Å². The summed E-state index contributed by atoms with van der Waals surface area (Å²) in [6.45, 7) is 2.36. The van der Waals surface area contributed by atoms with Gasteiger partial charge >= 0.3 is 0 Å². The number of amides is 2. The van der Waals surface area contributed by atoms with Crippen molar-refractivity contribution in [2.24, 2.45) is 0 Å². The van der Waals surface area contributed by atoms with E-state index in [1.807, 2.05) is 18.2 Å². The third-order valence-corrected chi connectivity index (χ3v) is 3.88. The molecular weight excluding hydrogens is 242 g/mol. The molecule has 0 aromatic heterocycles. The first-order chi connectivity index (χ1) is 9.18. The Bertz CT molecular complexity index is 529. The highest BCUT2D eigenvalue weighted by Crippen LogP contribution is 2.28. The van der Waals surface area contributed by atoms with E-state index in [2.05, 4.69) is 16.3 Å². The molecule has 1 aromatic carbocycles. The summed E-state index contributed by atoms with van der Waals surface area (Å²) in [5.41, 5.74) is 2.24. The third-order valence-electron chi connectivity index (χ3n) is 3.88. The molecule has 0 aliphatic carbocycles. The van der Waals surface area contributed by atoms with Gasteiger partial charge < -0.3 is 10.2 Å². The van der Waals surface area contributed by atoms with E-state index in [9.17, 15) is 9.59 Å². The van der Waals surface area contributed by atoms with E-state index in [0.717, 1.165) is 25.3 Å². The van der Waals surface area contributed by atoms with Crippen molar-refractivity contribution in [3.05, 3.63) is 29.8 Å². The quantitative estimate of drug-likeness (QED) is 0.740.